The molecule has 0 saturated carbocycles. The van der Waals surface area contributed by atoms with Gasteiger partial charge in [0.25, 0.3) is 0 Å². The fourth-order valence-corrected chi connectivity index (χ4v) is 2.62. The molecule has 6 nitrogen and oxygen atoms in total. The molecule has 27 heavy (non-hydrogen) atoms. The fraction of sp³-hybridized carbons (Fsp3) is 0.200. The van der Waals surface area contributed by atoms with E-state index in [2.05, 4.69) is 0 Å². The molecular weight excluding hydrogens is 347 g/mol. The van der Waals surface area contributed by atoms with E-state index in [0.717, 1.165) is 18.8 Å². The Balaban J connectivity index is 1.13. The highest BCUT2D eigenvalue weighted by Crippen LogP contribution is 2.21. The minimum Gasteiger partial charge on any atom is -0.437 e. The quantitative estimate of drug-likeness (QED) is 0.669. The third-order valence-electron chi connectivity index (χ3n) is 3.89. The van der Waals surface area contributed by atoms with Crippen LogP contribution in [0.4, 0.5) is 0 Å². The predicted molar refractivity (Wildman–Crippen MR) is 96.3 cm³/mol. The molecule has 137 valence electrons. The number of rotatable bonds is 8. The van der Waals surface area contributed by atoms with Crippen LogP contribution in [0.15, 0.2) is 84.7 Å². The molecule has 0 fully saturated rings. The van der Waals surface area contributed by atoms with Crippen molar-refractivity contribution in [3.63, 3.8) is 0 Å². The minimum absolute atomic E-state index is 0.628. The lowest BCUT2D eigenvalue weighted by molar-refractivity contribution is -0.207. The van der Waals surface area contributed by atoms with Crippen LogP contribution in [-0.2, 0) is 41.1 Å². The van der Waals surface area contributed by atoms with E-state index in [1.807, 2.05) is 60.7 Å². The highest BCUT2D eigenvalue weighted by molar-refractivity contribution is 6.18. The molecule has 2 aliphatic heterocycles. The molecular formula is C20H18BO6. The average Bonchev–Trinajstić information content (AvgIpc) is 3.33. The zero-order valence-corrected chi connectivity index (χ0v) is 14.5. The average molecular weight is 365 g/mol. The minimum atomic E-state index is -0.887. The molecule has 0 aromatic heterocycles. The third-order valence-corrected chi connectivity index (χ3v) is 3.89. The van der Waals surface area contributed by atoms with E-state index in [0.29, 0.717) is 24.4 Å². The Bertz CT molecular complexity index is 725. The Kier molecular flexibility index (Phi) is 5.62. The van der Waals surface area contributed by atoms with Crippen LogP contribution in [0.3, 0.4) is 0 Å². The standard InChI is InChI=1S/C20H18BO6/c1-3-7-15(8-4-1)11-17-13-22-19(24-17)26-21-27-20-23-14-18(25-20)12-16-9-5-2-6-10-16/h1-10,13-14,19-20H,11-12H2. The van der Waals surface area contributed by atoms with Gasteiger partial charge in [-0.15, -0.1) is 0 Å². The van der Waals surface area contributed by atoms with Gasteiger partial charge >= 0.3 is 20.6 Å². The fourth-order valence-electron chi connectivity index (χ4n) is 2.62. The van der Waals surface area contributed by atoms with Crippen molar-refractivity contribution in [2.75, 3.05) is 0 Å². The van der Waals surface area contributed by atoms with Crippen LogP contribution in [0.1, 0.15) is 11.1 Å². The zero-order chi connectivity index (χ0) is 18.3. The van der Waals surface area contributed by atoms with E-state index in [-0.39, 0.29) is 0 Å². The first kappa shape index (κ1) is 17.5. The zero-order valence-electron chi connectivity index (χ0n) is 14.5. The second-order valence-electron chi connectivity index (χ2n) is 5.95. The first-order valence-electron chi connectivity index (χ1n) is 8.58. The van der Waals surface area contributed by atoms with Gasteiger partial charge in [-0.3, -0.25) is 0 Å². The van der Waals surface area contributed by atoms with E-state index in [1.54, 1.807) is 0 Å². The molecule has 0 bridgehead atoms. The number of hydrogen-bond donors (Lipinski definition) is 0. The number of allylic oxidation sites excluding steroid dienone is 2. The summed E-state index contributed by atoms with van der Waals surface area (Å²) in [7, 11) is 1.09. The van der Waals surface area contributed by atoms with Crippen molar-refractivity contribution in [3.05, 3.63) is 95.8 Å². The molecule has 0 spiro atoms. The van der Waals surface area contributed by atoms with Crippen molar-refractivity contribution in [1.29, 1.82) is 0 Å². The lowest BCUT2D eigenvalue weighted by Crippen LogP contribution is -2.24. The molecule has 2 aliphatic rings. The van der Waals surface area contributed by atoms with Crippen LogP contribution in [0.5, 0.6) is 0 Å². The summed E-state index contributed by atoms with van der Waals surface area (Å²) in [6, 6.07) is 19.9. The maximum Gasteiger partial charge on any atom is 0.498 e. The van der Waals surface area contributed by atoms with Crippen LogP contribution < -0.4 is 0 Å². The van der Waals surface area contributed by atoms with Crippen LogP contribution in [-0.4, -0.2) is 20.6 Å². The van der Waals surface area contributed by atoms with Crippen molar-refractivity contribution < 1.29 is 28.3 Å². The van der Waals surface area contributed by atoms with Gasteiger partial charge in [0.05, 0.1) is 0 Å². The molecule has 2 aromatic rings. The molecule has 1 radical (unpaired) electrons. The van der Waals surface area contributed by atoms with Crippen molar-refractivity contribution in [2.45, 2.75) is 25.8 Å². The van der Waals surface area contributed by atoms with Gasteiger partial charge in [-0.2, -0.15) is 0 Å². The van der Waals surface area contributed by atoms with Gasteiger partial charge in [0.2, 0.25) is 0 Å². The van der Waals surface area contributed by atoms with Crippen LogP contribution in [0.2, 0.25) is 0 Å². The van der Waals surface area contributed by atoms with Gasteiger partial charge < -0.3 is 28.3 Å². The molecule has 2 heterocycles. The van der Waals surface area contributed by atoms with Gasteiger partial charge in [0.15, 0.2) is 0 Å². The summed E-state index contributed by atoms with van der Waals surface area (Å²) in [5, 5.41) is 0. The predicted octanol–water partition coefficient (Wildman–Crippen LogP) is 3.38. The summed E-state index contributed by atoms with van der Waals surface area (Å²) in [5.41, 5.74) is 2.25. The monoisotopic (exact) mass is 365 g/mol. The highest BCUT2D eigenvalue weighted by atomic mass is 16.9. The Morgan fingerprint density at radius 3 is 1.56 bits per heavy atom. The van der Waals surface area contributed by atoms with Crippen molar-refractivity contribution in [1.82, 2.24) is 0 Å². The van der Waals surface area contributed by atoms with Gasteiger partial charge in [-0.1, -0.05) is 60.7 Å². The van der Waals surface area contributed by atoms with E-state index in [4.69, 9.17) is 28.3 Å². The van der Waals surface area contributed by atoms with Gasteiger partial charge in [0, 0.05) is 12.8 Å². The van der Waals surface area contributed by atoms with Gasteiger partial charge in [-0.05, 0) is 11.1 Å². The molecule has 2 atom stereocenters. The summed E-state index contributed by atoms with van der Waals surface area (Å²) < 4.78 is 32.2. The highest BCUT2D eigenvalue weighted by Gasteiger charge is 2.25. The Morgan fingerprint density at radius 1 is 0.667 bits per heavy atom. The molecule has 4 rings (SSSR count). The van der Waals surface area contributed by atoms with Crippen LogP contribution in [0.25, 0.3) is 0 Å². The molecule has 0 amide bonds. The second kappa shape index (κ2) is 8.66. The Hall–Kier alpha value is -2.90. The Morgan fingerprint density at radius 2 is 1.11 bits per heavy atom. The summed E-state index contributed by atoms with van der Waals surface area (Å²) in [5.74, 6) is 1.36. The maximum absolute atomic E-state index is 5.54. The second-order valence-corrected chi connectivity index (χ2v) is 5.95. The van der Waals surface area contributed by atoms with Gasteiger partial charge in [0.1, 0.15) is 24.0 Å². The molecule has 0 aliphatic carbocycles. The number of hydrogen-bond acceptors (Lipinski definition) is 6. The smallest absolute Gasteiger partial charge is 0.437 e. The lowest BCUT2D eigenvalue weighted by Gasteiger charge is -2.14. The van der Waals surface area contributed by atoms with E-state index in [1.165, 1.54) is 12.5 Å². The number of benzene rings is 2. The van der Waals surface area contributed by atoms with Crippen molar-refractivity contribution in [3.8, 4) is 0 Å². The summed E-state index contributed by atoms with van der Waals surface area (Å²) in [6.07, 6.45) is 4.33. The SMILES string of the molecule is [B](OC1OC=C(Cc2ccccc2)O1)OC1OC=C(Cc2ccccc2)O1. The van der Waals surface area contributed by atoms with E-state index >= 15 is 0 Å². The molecule has 2 unspecified atom stereocenters. The summed E-state index contributed by atoms with van der Waals surface area (Å²) in [4.78, 5) is 0. The number of ether oxygens (including phenoxy) is 4. The van der Waals surface area contributed by atoms with Crippen molar-refractivity contribution >= 4 is 7.69 Å². The van der Waals surface area contributed by atoms with Crippen LogP contribution in [0, 0.1) is 0 Å². The third kappa shape index (κ3) is 5.06. The maximum atomic E-state index is 5.54. The topological polar surface area (TPSA) is 55.4 Å². The summed E-state index contributed by atoms with van der Waals surface area (Å²) in [6.45, 7) is -1.77. The first-order valence-corrected chi connectivity index (χ1v) is 8.58. The first-order chi connectivity index (χ1) is 13.3. The van der Waals surface area contributed by atoms with Gasteiger partial charge in [-0.25, -0.2) is 0 Å². The molecule has 0 saturated heterocycles. The molecule has 2 aromatic carbocycles. The normalized spacial score (nSPS) is 20.6. The van der Waals surface area contributed by atoms with Crippen LogP contribution >= 0.6 is 0 Å². The van der Waals surface area contributed by atoms with Crippen molar-refractivity contribution in [2.24, 2.45) is 0 Å². The molecule has 0 N–H and O–H groups in total. The Labute approximate surface area is 158 Å². The van der Waals surface area contributed by atoms with E-state index in [9.17, 15) is 0 Å². The summed E-state index contributed by atoms with van der Waals surface area (Å²) >= 11 is 0. The lowest BCUT2D eigenvalue weighted by atomic mass is 10.1. The largest absolute Gasteiger partial charge is 0.498 e. The van der Waals surface area contributed by atoms with E-state index < -0.39 is 13.0 Å². The molecule has 7 heteroatoms.